The SMILES string of the molecule is CC(C)Sc1nnc(-c2cccc(S(=O)(=O)N(C)C)c2)n1-c1ccc(F)cc1. The highest BCUT2D eigenvalue weighted by atomic mass is 32.2. The molecule has 0 saturated carbocycles. The molecule has 1 heterocycles. The molecule has 28 heavy (non-hydrogen) atoms. The van der Waals surface area contributed by atoms with Crippen LogP contribution in [0.5, 0.6) is 0 Å². The van der Waals surface area contributed by atoms with Gasteiger partial charge in [-0.1, -0.05) is 37.7 Å². The van der Waals surface area contributed by atoms with E-state index in [1.807, 2.05) is 18.4 Å². The number of nitrogens with zero attached hydrogens (tertiary/aromatic N) is 4. The first-order chi connectivity index (χ1) is 13.2. The lowest BCUT2D eigenvalue weighted by Gasteiger charge is -2.14. The molecule has 148 valence electrons. The molecule has 9 heteroatoms. The molecule has 6 nitrogen and oxygen atoms in total. The van der Waals surface area contributed by atoms with Crippen molar-refractivity contribution in [1.82, 2.24) is 19.1 Å². The molecule has 0 atom stereocenters. The molecule has 3 rings (SSSR count). The van der Waals surface area contributed by atoms with Crippen LogP contribution in [-0.2, 0) is 10.0 Å². The minimum Gasteiger partial charge on any atom is -0.270 e. The van der Waals surface area contributed by atoms with E-state index in [-0.39, 0.29) is 16.0 Å². The third-order valence-electron chi connectivity index (χ3n) is 3.93. The Bertz CT molecular complexity index is 1080. The van der Waals surface area contributed by atoms with Crippen molar-refractivity contribution in [3.63, 3.8) is 0 Å². The molecule has 0 aliphatic heterocycles. The second-order valence-corrected chi connectivity index (χ2v) is 10.3. The number of hydrogen-bond acceptors (Lipinski definition) is 5. The fraction of sp³-hybridized carbons (Fsp3) is 0.263. The van der Waals surface area contributed by atoms with Crippen molar-refractivity contribution in [2.24, 2.45) is 0 Å². The summed E-state index contributed by atoms with van der Waals surface area (Å²) in [7, 11) is -0.609. The molecule has 0 spiro atoms. The highest BCUT2D eigenvalue weighted by Crippen LogP contribution is 2.31. The highest BCUT2D eigenvalue weighted by Gasteiger charge is 2.21. The topological polar surface area (TPSA) is 68.1 Å². The third kappa shape index (κ3) is 4.11. The Labute approximate surface area is 168 Å². The van der Waals surface area contributed by atoms with Crippen molar-refractivity contribution >= 4 is 21.8 Å². The summed E-state index contributed by atoms with van der Waals surface area (Å²) in [4.78, 5) is 0.168. The maximum absolute atomic E-state index is 13.4. The molecule has 0 fully saturated rings. The van der Waals surface area contributed by atoms with Gasteiger partial charge in [-0.3, -0.25) is 4.57 Å². The average molecular weight is 421 g/mol. The number of halogens is 1. The molecule has 0 unspecified atom stereocenters. The van der Waals surface area contributed by atoms with Crippen LogP contribution in [0.15, 0.2) is 58.6 Å². The standard InChI is InChI=1S/C19H21FN4O2S2/c1-13(2)27-19-22-21-18(24(19)16-10-8-15(20)9-11-16)14-6-5-7-17(12-14)28(25,26)23(3)4/h5-13H,1-4H3. The Kier molecular flexibility index (Phi) is 5.87. The summed E-state index contributed by atoms with van der Waals surface area (Å²) in [5.41, 5.74) is 1.31. The van der Waals surface area contributed by atoms with E-state index in [0.717, 1.165) is 4.31 Å². The maximum atomic E-state index is 13.4. The van der Waals surface area contributed by atoms with Gasteiger partial charge in [-0.15, -0.1) is 10.2 Å². The van der Waals surface area contributed by atoms with Crippen LogP contribution in [0.2, 0.25) is 0 Å². The summed E-state index contributed by atoms with van der Waals surface area (Å²) < 4.78 is 41.4. The first-order valence-electron chi connectivity index (χ1n) is 8.61. The van der Waals surface area contributed by atoms with Gasteiger partial charge in [-0.05, 0) is 36.4 Å². The van der Waals surface area contributed by atoms with Crippen LogP contribution in [0.1, 0.15) is 13.8 Å². The predicted octanol–water partition coefficient (Wildman–Crippen LogP) is 3.82. The second kappa shape index (κ2) is 8.02. The van der Waals surface area contributed by atoms with E-state index in [4.69, 9.17) is 0 Å². The molecule has 0 N–H and O–H groups in total. The lowest BCUT2D eigenvalue weighted by atomic mass is 10.2. The van der Waals surface area contributed by atoms with Crippen molar-refractivity contribution in [2.75, 3.05) is 14.1 Å². The molecule has 0 radical (unpaired) electrons. The number of rotatable bonds is 6. The van der Waals surface area contributed by atoms with E-state index in [9.17, 15) is 12.8 Å². The fourth-order valence-corrected chi connectivity index (χ4v) is 4.33. The Balaban J connectivity index is 2.18. The van der Waals surface area contributed by atoms with Crippen LogP contribution in [0.4, 0.5) is 4.39 Å². The van der Waals surface area contributed by atoms with Gasteiger partial charge in [-0.2, -0.15) is 0 Å². The number of thioether (sulfide) groups is 1. The number of sulfonamides is 1. The largest absolute Gasteiger partial charge is 0.270 e. The van der Waals surface area contributed by atoms with E-state index in [1.54, 1.807) is 36.4 Å². The third-order valence-corrected chi connectivity index (χ3v) is 6.69. The second-order valence-electron chi connectivity index (χ2n) is 6.60. The van der Waals surface area contributed by atoms with Crippen LogP contribution in [0.25, 0.3) is 17.1 Å². The van der Waals surface area contributed by atoms with Crippen LogP contribution < -0.4 is 0 Å². The van der Waals surface area contributed by atoms with Crippen LogP contribution in [0, 0.1) is 5.82 Å². The molecule has 0 saturated heterocycles. The summed E-state index contributed by atoms with van der Waals surface area (Å²) in [5.74, 6) is 0.154. The quantitative estimate of drug-likeness (QED) is 0.567. The van der Waals surface area contributed by atoms with E-state index in [0.29, 0.717) is 22.2 Å². The summed E-state index contributed by atoms with van der Waals surface area (Å²) in [6.07, 6.45) is 0. The zero-order valence-electron chi connectivity index (χ0n) is 16.0. The first-order valence-corrected chi connectivity index (χ1v) is 10.9. The zero-order chi connectivity index (χ0) is 20.5. The average Bonchev–Trinajstić information content (AvgIpc) is 3.05. The van der Waals surface area contributed by atoms with Crippen LogP contribution >= 0.6 is 11.8 Å². The molecule has 0 aliphatic rings. The van der Waals surface area contributed by atoms with E-state index >= 15 is 0 Å². The van der Waals surface area contributed by atoms with Crippen LogP contribution in [-0.4, -0.2) is 46.8 Å². The molecule has 0 amide bonds. The summed E-state index contributed by atoms with van der Waals surface area (Å²) in [5, 5.41) is 9.49. The van der Waals surface area contributed by atoms with E-state index in [2.05, 4.69) is 10.2 Å². The van der Waals surface area contributed by atoms with Gasteiger partial charge in [-0.25, -0.2) is 17.1 Å². The normalized spacial score (nSPS) is 12.1. The molecule has 1 aromatic heterocycles. The molecular formula is C19H21FN4O2S2. The summed E-state index contributed by atoms with van der Waals surface area (Å²) in [6.45, 7) is 4.08. The summed E-state index contributed by atoms with van der Waals surface area (Å²) in [6, 6.07) is 12.6. The smallest absolute Gasteiger partial charge is 0.242 e. The van der Waals surface area contributed by atoms with Gasteiger partial charge in [0.2, 0.25) is 10.0 Å². The first kappa shape index (κ1) is 20.5. The van der Waals surface area contributed by atoms with Crippen LogP contribution in [0.3, 0.4) is 0 Å². The van der Waals surface area contributed by atoms with Gasteiger partial charge in [0.25, 0.3) is 0 Å². The van der Waals surface area contributed by atoms with Crippen molar-refractivity contribution in [1.29, 1.82) is 0 Å². The molecule has 0 bridgehead atoms. The molecular weight excluding hydrogens is 399 g/mol. The lowest BCUT2D eigenvalue weighted by Crippen LogP contribution is -2.22. The van der Waals surface area contributed by atoms with Crippen molar-refractivity contribution < 1.29 is 12.8 Å². The molecule has 0 aliphatic carbocycles. The predicted molar refractivity (Wildman–Crippen MR) is 109 cm³/mol. The zero-order valence-corrected chi connectivity index (χ0v) is 17.6. The van der Waals surface area contributed by atoms with Gasteiger partial charge < -0.3 is 0 Å². The maximum Gasteiger partial charge on any atom is 0.242 e. The van der Waals surface area contributed by atoms with Gasteiger partial charge in [0.05, 0.1) is 4.90 Å². The minimum atomic E-state index is -3.58. The Morgan fingerprint density at radius 3 is 2.36 bits per heavy atom. The van der Waals surface area contributed by atoms with Gasteiger partial charge in [0, 0.05) is 30.6 Å². The summed E-state index contributed by atoms with van der Waals surface area (Å²) >= 11 is 1.52. The van der Waals surface area contributed by atoms with Crippen molar-refractivity contribution in [2.45, 2.75) is 29.1 Å². The fourth-order valence-electron chi connectivity index (χ4n) is 2.57. The number of benzene rings is 2. The van der Waals surface area contributed by atoms with Gasteiger partial charge in [0.15, 0.2) is 11.0 Å². The number of aromatic nitrogens is 3. The van der Waals surface area contributed by atoms with E-state index < -0.39 is 10.0 Å². The molecule has 2 aromatic carbocycles. The highest BCUT2D eigenvalue weighted by molar-refractivity contribution is 7.99. The monoisotopic (exact) mass is 420 g/mol. The van der Waals surface area contributed by atoms with Crippen molar-refractivity contribution in [3.8, 4) is 17.1 Å². The van der Waals surface area contributed by atoms with Gasteiger partial charge in [0.1, 0.15) is 5.82 Å². The number of hydrogen-bond donors (Lipinski definition) is 0. The van der Waals surface area contributed by atoms with Crippen molar-refractivity contribution in [3.05, 3.63) is 54.3 Å². The minimum absolute atomic E-state index is 0.168. The lowest BCUT2D eigenvalue weighted by molar-refractivity contribution is 0.521. The Morgan fingerprint density at radius 1 is 1.07 bits per heavy atom. The van der Waals surface area contributed by atoms with Gasteiger partial charge >= 0.3 is 0 Å². The molecule has 3 aromatic rings. The Hall–Kier alpha value is -2.23. The Morgan fingerprint density at radius 2 is 1.75 bits per heavy atom. The van der Waals surface area contributed by atoms with E-state index in [1.165, 1.54) is 38.0 Å².